The normalized spacial score (nSPS) is 18.9. The minimum atomic E-state index is -0.262. The van der Waals surface area contributed by atoms with Crippen molar-refractivity contribution < 1.29 is 9.18 Å². The highest BCUT2D eigenvalue weighted by molar-refractivity contribution is 7.99. The number of carbonyl (C=O) groups is 1. The van der Waals surface area contributed by atoms with Gasteiger partial charge in [-0.3, -0.25) is 4.79 Å². The molecular formula is C18H22FN3OS. The van der Waals surface area contributed by atoms with Crippen LogP contribution in [-0.2, 0) is 11.2 Å². The monoisotopic (exact) mass is 347 g/mol. The number of amides is 1. The van der Waals surface area contributed by atoms with Crippen LogP contribution in [0.25, 0.3) is 5.69 Å². The van der Waals surface area contributed by atoms with Gasteiger partial charge in [0.25, 0.3) is 0 Å². The highest BCUT2D eigenvalue weighted by Gasteiger charge is 2.35. The first-order valence-electron chi connectivity index (χ1n) is 8.01. The smallest absolute Gasteiger partial charge is 0.230 e. The van der Waals surface area contributed by atoms with Gasteiger partial charge in [0, 0.05) is 5.56 Å². The number of aromatic nitrogens is 2. The largest absolute Gasteiger partial charge is 0.348 e. The van der Waals surface area contributed by atoms with Gasteiger partial charge >= 0.3 is 0 Å². The topological polar surface area (TPSA) is 46.9 Å². The molecule has 0 radical (unpaired) electrons. The van der Waals surface area contributed by atoms with E-state index in [0.29, 0.717) is 5.75 Å². The minimum Gasteiger partial charge on any atom is -0.348 e. The van der Waals surface area contributed by atoms with Gasteiger partial charge in [0.1, 0.15) is 5.82 Å². The quantitative estimate of drug-likeness (QED) is 0.921. The maximum atomic E-state index is 13.2. The fraction of sp³-hybridized carbons (Fsp3) is 0.444. The van der Waals surface area contributed by atoms with Gasteiger partial charge in [-0.2, -0.15) is 16.9 Å². The molecular weight excluding hydrogens is 325 g/mol. The fourth-order valence-corrected chi connectivity index (χ4v) is 3.69. The lowest BCUT2D eigenvalue weighted by Gasteiger charge is -2.36. The maximum Gasteiger partial charge on any atom is 0.230 e. The van der Waals surface area contributed by atoms with Gasteiger partial charge in [0.05, 0.1) is 29.4 Å². The zero-order chi connectivity index (χ0) is 17.3. The summed E-state index contributed by atoms with van der Waals surface area (Å²) in [5.74, 6) is 0.242. The SMILES string of the molecule is CSCC(=O)NC1CC(C)(C)Cc2c1cnn2-c1ccc(F)cc1. The van der Waals surface area contributed by atoms with Gasteiger partial charge in [0.2, 0.25) is 5.91 Å². The van der Waals surface area contributed by atoms with Crippen LogP contribution < -0.4 is 5.32 Å². The van der Waals surface area contributed by atoms with Crippen molar-refractivity contribution in [2.75, 3.05) is 12.0 Å². The van der Waals surface area contributed by atoms with Crippen LogP contribution in [0.5, 0.6) is 0 Å². The molecule has 128 valence electrons. The number of hydrogen-bond acceptors (Lipinski definition) is 3. The van der Waals surface area contributed by atoms with Crippen LogP contribution in [-0.4, -0.2) is 27.7 Å². The number of hydrogen-bond donors (Lipinski definition) is 1. The highest BCUT2D eigenvalue weighted by atomic mass is 32.2. The van der Waals surface area contributed by atoms with E-state index in [1.807, 2.05) is 17.1 Å². The Kier molecular flexibility index (Phi) is 4.67. The molecule has 3 rings (SSSR count). The van der Waals surface area contributed by atoms with Gasteiger partial charge in [-0.1, -0.05) is 13.8 Å². The van der Waals surface area contributed by atoms with Crippen LogP contribution >= 0.6 is 11.8 Å². The lowest BCUT2D eigenvalue weighted by atomic mass is 9.74. The van der Waals surface area contributed by atoms with Crippen LogP contribution in [0.2, 0.25) is 0 Å². The summed E-state index contributed by atoms with van der Waals surface area (Å²) in [4.78, 5) is 12.0. The summed E-state index contributed by atoms with van der Waals surface area (Å²) in [6.07, 6.45) is 5.50. The molecule has 1 heterocycles. The molecule has 0 saturated heterocycles. The fourth-order valence-electron chi connectivity index (χ4n) is 3.34. The van der Waals surface area contributed by atoms with Gasteiger partial charge in [-0.15, -0.1) is 0 Å². The zero-order valence-corrected chi connectivity index (χ0v) is 15.0. The second kappa shape index (κ2) is 6.59. The molecule has 1 N–H and O–H groups in total. The van der Waals surface area contributed by atoms with Crippen LogP contribution in [0.3, 0.4) is 0 Å². The number of halogens is 1. The summed E-state index contributed by atoms with van der Waals surface area (Å²) in [5.41, 5.74) is 3.05. The summed E-state index contributed by atoms with van der Waals surface area (Å²) in [5, 5.41) is 7.64. The molecule has 6 heteroatoms. The molecule has 0 saturated carbocycles. The first-order valence-corrected chi connectivity index (χ1v) is 9.40. The second-order valence-corrected chi connectivity index (χ2v) is 7.90. The van der Waals surface area contributed by atoms with Crippen LogP contribution in [0.1, 0.15) is 37.6 Å². The molecule has 0 spiro atoms. The second-order valence-electron chi connectivity index (χ2n) is 7.03. The Labute approximate surface area is 145 Å². The minimum absolute atomic E-state index is 0.0300. The lowest BCUT2D eigenvalue weighted by Crippen LogP contribution is -2.37. The first kappa shape index (κ1) is 17.0. The molecule has 1 unspecified atom stereocenters. The molecule has 0 fully saturated rings. The number of carbonyl (C=O) groups excluding carboxylic acids is 1. The molecule has 2 aromatic rings. The number of thioether (sulfide) groups is 1. The van der Waals surface area contributed by atoms with Crippen molar-refractivity contribution in [1.82, 2.24) is 15.1 Å². The first-order chi connectivity index (χ1) is 11.4. The molecule has 1 aromatic carbocycles. The molecule has 1 aliphatic carbocycles. The van der Waals surface area contributed by atoms with E-state index in [-0.39, 0.29) is 23.2 Å². The summed E-state index contributed by atoms with van der Waals surface area (Å²) < 4.78 is 15.1. The summed E-state index contributed by atoms with van der Waals surface area (Å²) in [6.45, 7) is 4.40. The molecule has 1 aliphatic rings. The average Bonchev–Trinajstić information content (AvgIpc) is 2.90. The average molecular weight is 347 g/mol. The van der Waals surface area contributed by atoms with Gasteiger partial charge < -0.3 is 5.32 Å². The summed E-state index contributed by atoms with van der Waals surface area (Å²) in [6, 6.07) is 6.30. The third-order valence-electron chi connectivity index (χ3n) is 4.36. The van der Waals surface area contributed by atoms with Crippen molar-refractivity contribution >= 4 is 17.7 Å². The third-order valence-corrected chi connectivity index (χ3v) is 4.91. The van der Waals surface area contributed by atoms with E-state index in [4.69, 9.17) is 0 Å². The predicted molar refractivity (Wildman–Crippen MR) is 94.9 cm³/mol. The Balaban J connectivity index is 1.96. The van der Waals surface area contributed by atoms with E-state index in [2.05, 4.69) is 24.3 Å². The zero-order valence-electron chi connectivity index (χ0n) is 14.2. The number of fused-ring (bicyclic) bond motifs is 1. The van der Waals surface area contributed by atoms with E-state index in [1.54, 1.807) is 12.1 Å². The third kappa shape index (κ3) is 3.48. The molecule has 24 heavy (non-hydrogen) atoms. The van der Waals surface area contributed by atoms with Crippen molar-refractivity contribution in [3.05, 3.63) is 47.5 Å². The van der Waals surface area contributed by atoms with E-state index in [1.165, 1.54) is 23.9 Å². The van der Waals surface area contributed by atoms with Crippen molar-refractivity contribution in [3.63, 3.8) is 0 Å². The molecule has 0 aliphatic heterocycles. The Morgan fingerprint density at radius 3 is 2.79 bits per heavy atom. The van der Waals surface area contributed by atoms with Crippen LogP contribution in [0, 0.1) is 11.2 Å². The van der Waals surface area contributed by atoms with Crippen molar-refractivity contribution in [2.24, 2.45) is 5.41 Å². The predicted octanol–water partition coefficient (Wildman–Crippen LogP) is 3.50. The Bertz CT molecular complexity index is 739. The van der Waals surface area contributed by atoms with E-state index >= 15 is 0 Å². The van der Waals surface area contributed by atoms with Gasteiger partial charge in [0.15, 0.2) is 0 Å². The standard InChI is InChI=1S/C18H22FN3OS/c1-18(2)8-15(21-17(23)11-24-3)14-10-20-22(16(14)9-18)13-6-4-12(19)5-7-13/h4-7,10,15H,8-9,11H2,1-3H3,(H,21,23). The van der Waals surface area contributed by atoms with E-state index < -0.39 is 0 Å². The van der Waals surface area contributed by atoms with Gasteiger partial charge in [-0.25, -0.2) is 9.07 Å². The van der Waals surface area contributed by atoms with Crippen molar-refractivity contribution in [2.45, 2.75) is 32.7 Å². The highest BCUT2D eigenvalue weighted by Crippen LogP contribution is 2.41. The Morgan fingerprint density at radius 2 is 2.12 bits per heavy atom. The molecule has 1 amide bonds. The van der Waals surface area contributed by atoms with E-state index in [9.17, 15) is 9.18 Å². The Hall–Kier alpha value is -1.82. The molecule has 1 atom stereocenters. The molecule has 4 nitrogen and oxygen atoms in total. The lowest BCUT2D eigenvalue weighted by molar-refractivity contribution is -0.119. The number of nitrogens with zero attached hydrogens (tertiary/aromatic N) is 2. The molecule has 1 aromatic heterocycles. The van der Waals surface area contributed by atoms with Gasteiger partial charge in [-0.05, 0) is 48.8 Å². The van der Waals surface area contributed by atoms with Crippen LogP contribution in [0.15, 0.2) is 30.5 Å². The van der Waals surface area contributed by atoms with Crippen LogP contribution in [0.4, 0.5) is 4.39 Å². The van der Waals surface area contributed by atoms with Crippen molar-refractivity contribution in [3.8, 4) is 5.69 Å². The summed E-state index contributed by atoms with van der Waals surface area (Å²) >= 11 is 1.51. The summed E-state index contributed by atoms with van der Waals surface area (Å²) in [7, 11) is 0. The Morgan fingerprint density at radius 1 is 1.42 bits per heavy atom. The number of benzene rings is 1. The van der Waals surface area contributed by atoms with Crippen molar-refractivity contribution in [1.29, 1.82) is 0 Å². The van der Waals surface area contributed by atoms with E-state index in [0.717, 1.165) is 29.8 Å². The number of nitrogens with one attached hydrogen (secondary N) is 1. The maximum absolute atomic E-state index is 13.2. The molecule has 0 bridgehead atoms. The number of rotatable bonds is 4.